The molecule has 1 aromatic heterocycles. The summed E-state index contributed by atoms with van der Waals surface area (Å²) in [5.74, 6) is 0.832. The molecule has 3 rings (SSSR count). The molecular weight excluding hydrogens is 358 g/mol. The Labute approximate surface area is 172 Å². The van der Waals surface area contributed by atoms with E-state index < -0.39 is 0 Å². The minimum atomic E-state index is 0.741. The lowest BCUT2D eigenvalue weighted by Gasteiger charge is -2.11. The topological polar surface area (TPSA) is 64.8 Å². The zero-order chi connectivity index (χ0) is 20.6. The number of rotatable bonds is 9. The Morgan fingerprint density at radius 2 is 1.66 bits per heavy atom. The van der Waals surface area contributed by atoms with Crippen LogP contribution in [0.2, 0.25) is 0 Å². The van der Waals surface area contributed by atoms with Gasteiger partial charge < -0.3 is 16.0 Å². The molecule has 5 nitrogen and oxygen atoms in total. The Balaban J connectivity index is 1.48. The second-order valence-corrected chi connectivity index (χ2v) is 7.09. The molecule has 150 valence electrons. The lowest BCUT2D eigenvalue weighted by atomic mass is 10.1. The summed E-state index contributed by atoms with van der Waals surface area (Å²) in [6.07, 6.45) is 2.02. The van der Waals surface area contributed by atoms with E-state index in [0.717, 1.165) is 47.1 Å². The van der Waals surface area contributed by atoms with Gasteiger partial charge in [0.1, 0.15) is 5.82 Å². The Hall–Kier alpha value is -3.47. The lowest BCUT2D eigenvalue weighted by Crippen LogP contribution is -2.21. The van der Waals surface area contributed by atoms with Crippen LogP contribution in [0.1, 0.15) is 16.7 Å². The van der Waals surface area contributed by atoms with Crippen LogP contribution in [0.15, 0.2) is 72.9 Å². The number of aromatic nitrogens is 2. The van der Waals surface area contributed by atoms with Gasteiger partial charge in [-0.15, -0.1) is 0 Å². The van der Waals surface area contributed by atoms with Gasteiger partial charge in [0.2, 0.25) is 0 Å². The standard InChI is InChI=1S/C24H29N5/c1-17-5-9-20(10-6-17)22(25-4)15-19(3)26-13-14-27-24-16-23(28-29-24)21-11-7-18(2)8-12-21/h5-12,15-16,25-26H,3,13-14H2,1-2,4H3,(H2,27,28,29)/b22-15-. The second-order valence-electron chi connectivity index (χ2n) is 7.09. The molecule has 0 aliphatic heterocycles. The Morgan fingerprint density at radius 1 is 1.00 bits per heavy atom. The number of anilines is 1. The van der Waals surface area contributed by atoms with E-state index in [1.807, 2.05) is 19.2 Å². The van der Waals surface area contributed by atoms with Crippen molar-refractivity contribution in [3.05, 3.63) is 89.6 Å². The van der Waals surface area contributed by atoms with Crippen LogP contribution in [0, 0.1) is 13.8 Å². The normalized spacial score (nSPS) is 11.2. The number of benzene rings is 2. The van der Waals surface area contributed by atoms with Gasteiger partial charge in [0.25, 0.3) is 0 Å². The SMILES string of the molecule is C=C(/C=C(\NC)c1ccc(C)cc1)NCCNc1cc(-c2ccc(C)cc2)[nH]n1. The number of hydrogen-bond donors (Lipinski definition) is 4. The minimum Gasteiger partial charge on any atom is -0.388 e. The van der Waals surface area contributed by atoms with E-state index in [2.05, 4.69) is 95.1 Å². The van der Waals surface area contributed by atoms with Crippen LogP contribution < -0.4 is 16.0 Å². The van der Waals surface area contributed by atoms with E-state index in [0.29, 0.717) is 0 Å². The molecule has 0 atom stereocenters. The van der Waals surface area contributed by atoms with Gasteiger partial charge in [-0.05, 0) is 31.1 Å². The van der Waals surface area contributed by atoms with Crippen molar-refractivity contribution in [1.82, 2.24) is 20.8 Å². The highest BCUT2D eigenvalue weighted by Gasteiger charge is 2.03. The maximum Gasteiger partial charge on any atom is 0.148 e. The van der Waals surface area contributed by atoms with Crippen LogP contribution in [-0.2, 0) is 0 Å². The summed E-state index contributed by atoms with van der Waals surface area (Å²) >= 11 is 0. The molecule has 1 heterocycles. The van der Waals surface area contributed by atoms with Crippen LogP contribution in [0.25, 0.3) is 17.0 Å². The third-order valence-corrected chi connectivity index (χ3v) is 4.67. The van der Waals surface area contributed by atoms with Gasteiger partial charge in [0.15, 0.2) is 0 Å². The summed E-state index contributed by atoms with van der Waals surface area (Å²) < 4.78 is 0. The van der Waals surface area contributed by atoms with Gasteiger partial charge >= 0.3 is 0 Å². The highest BCUT2D eigenvalue weighted by atomic mass is 15.2. The van der Waals surface area contributed by atoms with Crippen LogP contribution in [0.5, 0.6) is 0 Å². The molecule has 0 unspecified atom stereocenters. The van der Waals surface area contributed by atoms with Crippen LogP contribution in [0.4, 0.5) is 5.82 Å². The summed E-state index contributed by atoms with van der Waals surface area (Å²) in [5.41, 5.74) is 7.66. The van der Waals surface area contributed by atoms with Gasteiger partial charge in [-0.1, -0.05) is 66.2 Å². The van der Waals surface area contributed by atoms with Crippen molar-refractivity contribution in [2.75, 3.05) is 25.5 Å². The first-order valence-corrected chi connectivity index (χ1v) is 9.81. The van der Waals surface area contributed by atoms with E-state index in [9.17, 15) is 0 Å². The molecule has 2 aromatic carbocycles. The van der Waals surface area contributed by atoms with Gasteiger partial charge in [-0.2, -0.15) is 5.10 Å². The first-order chi connectivity index (χ1) is 14.0. The monoisotopic (exact) mass is 387 g/mol. The van der Waals surface area contributed by atoms with E-state index in [4.69, 9.17) is 0 Å². The summed E-state index contributed by atoms with van der Waals surface area (Å²) in [6, 6.07) is 18.8. The van der Waals surface area contributed by atoms with E-state index in [1.165, 1.54) is 11.1 Å². The van der Waals surface area contributed by atoms with Gasteiger partial charge in [0, 0.05) is 37.6 Å². The van der Waals surface area contributed by atoms with Crippen LogP contribution in [0.3, 0.4) is 0 Å². The largest absolute Gasteiger partial charge is 0.388 e. The molecule has 0 amide bonds. The highest BCUT2D eigenvalue weighted by Crippen LogP contribution is 2.20. The molecule has 5 heteroatoms. The van der Waals surface area contributed by atoms with Crippen molar-refractivity contribution in [1.29, 1.82) is 0 Å². The van der Waals surface area contributed by atoms with E-state index >= 15 is 0 Å². The molecule has 0 saturated heterocycles. The molecule has 4 N–H and O–H groups in total. The van der Waals surface area contributed by atoms with Crippen molar-refractivity contribution in [2.24, 2.45) is 0 Å². The number of H-pyrrole nitrogens is 1. The molecule has 0 aliphatic carbocycles. The van der Waals surface area contributed by atoms with Crippen molar-refractivity contribution >= 4 is 11.5 Å². The van der Waals surface area contributed by atoms with Crippen molar-refractivity contribution in [3.63, 3.8) is 0 Å². The summed E-state index contributed by atoms with van der Waals surface area (Å²) in [6.45, 7) is 9.76. The molecule has 0 aliphatic rings. The van der Waals surface area contributed by atoms with E-state index in [1.54, 1.807) is 0 Å². The van der Waals surface area contributed by atoms with Gasteiger partial charge in [0.05, 0.1) is 5.69 Å². The average molecular weight is 388 g/mol. The minimum absolute atomic E-state index is 0.741. The molecule has 0 saturated carbocycles. The molecule has 3 aromatic rings. The number of nitrogens with one attached hydrogen (secondary N) is 4. The molecule has 0 fully saturated rings. The summed E-state index contributed by atoms with van der Waals surface area (Å²) in [4.78, 5) is 0. The third-order valence-electron chi connectivity index (χ3n) is 4.67. The average Bonchev–Trinajstić information content (AvgIpc) is 3.19. The number of hydrogen-bond acceptors (Lipinski definition) is 4. The number of nitrogens with zero attached hydrogens (tertiary/aromatic N) is 1. The Bertz CT molecular complexity index is 965. The molecule has 0 radical (unpaired) electrons. The predicted molar refractivity (Wildman–Crippen MR) is 123 cm³/mol. The molecule has 0 spiro atoms. The fraction of sp³-hybridized carbons (Fsp3) is 0.208. The molecule has 0 bridgehead atoms. The Kier molecular flexibility index (Phi) is 6.74. The Morgan fingerprint density at radius 3 is 2.31 bits per heavy atom. The van der Waals surface area contributed by atoms with Gasteiger partial charge in [-0.25, -0.2) is 0 Å². The molecular formula is C24H29N5. The number of aromatic amines is 1. The van der Waals surface area contributed by atoms with Crippen LogP contribution in [-0.4, -0.2) is 30.3 Å². The lowest BCUT2D eigenvalue weighted by molar-refractivity contribution is 0.836. The van der Waals surface area contributed by atoms with Crippen molar-refractivity contribution < 1.29 is 0 Å². The second kappa shape index (κ2) is 9.64. The number of allylic oxidation sites excluding steroid dienone is 1. The third kappa shape index (κ3) is 5.75. The first kappa shape index (κ1) is 20.3. The summed E-state index contributed by atoms with van der Waals surface area (Å²) in [5, 5.41) is 17.3. The summed E-state index contributed by atoms with van der Waals surface area (Å²) in [7, 11) is 1.92. The smallest absolute Gasteiger partial charge is 0.148 e. The van der Waals surface area contributed by atoms with Gasteiger partial charge in [-0.3, -0.25) is 5.10 Å². The van der Waals surface area contributed by atoms with Crippen LogP contribution >= 0.6 is 0 Å². The first-order valence-electron chi connectivity index (χ1n) is 9.81. The maximum atomic E-state index is 4.33. The highest BCUT2D eigenvalue weighted by molar-refractivity contribution is 5.66. The van der Waals surface area contributed by atoms with Crippen molar-refractivity contribution in [2.45, 2.75) is 13.8 Å². The zero-order valence-electron chi connectivity index (χ0n) is 17.3. The fourth-order valence-electron chi connectivity index (χ4n) is 2.97. The fourth-order valence-corrected chi connectivity index (χ4v) is 2.97. The van der Waals surface area contributed by atoms with E-state index in [-0.39, 0.29) is 0 Å². The quantitative estimate of drug-likeness (QED) is 0.323. The maximum absolute atomic E-state index is 4.33. The van der Waals surface area contributed by atoms with Crippen molar-refractivity contribution in [3.8, 4) is 11.3 Å². The zero-order valence-corrected chi connectivity index (χ0v) is 17.3. The predicted octanol–water partition coefficient (Wildman–Crippen LogP) is 4.47. The molecule has 29 heavy (non-hydrogen) atoms. The number of aryl methyl sites for hydroxylation is 2.